The number of hydrogen-bond acceptors (Lipinski definition) is 1. The van der Waals surface area contributed by atoms with Gasteiger partial charge in [-0.2, -0.15) is 8.78 Å². The van der Waals surface area contributed by atoms with Gasteiger partial charge in [0.2, 0.25) is 0 Å². The average Bonchev–Trinajstić information content (AvgIpc) is 2.55. The second kappa shape index (κ2) is 3.47. The number of nitrogens with one attached hydrogen (secondary N) is 1. The first-order chi connectivity index (χ1) is 6.89. The zero-order valence-corrected chi connectivity index (χ0v) is 9.26. The fraction of sp³-hybridized carbons (Fsp3) is 0.125. The van der Waals surface area contributed by atoms with Crippen LogP contribution in [0, 0.1) is 0 Å². The van der Waals surface area contributed by atoms with Crippen LogP contribution in [-0.2, 0) is 5.38 Å². The van der Waals surface area contributed by atoms with E-state index in [0.29, 0.717) is 5.52 Å². The summed E-state index contributed by atoms with van der Waals surface area (Å²) in [5, 5.41) is -3.17. The molecule has 0 aliphatic carbocycles. The van der Waals surface area contributed by atoms with Crippen molar-refractivity contribution in [3.63, 3.8) is 0 Å². The van der Waals surface area contributed by atoms with Crippen LogP contribution in [0.3, 0.4) is 0 Å². The Morgan fingerprint density at radius 3 is 2.53 bits per heavy atom. The monoisotopic (exact) mass is 270 g/mol. The SMILES string of the molecule is FC(F)(Cl)c1nc2c(Cl)c(Cl)ccc2[nH]1. The number of fused-ring (bicyclic) bond motifs is 1. The van der Waals surface area contributed by atoms with Crippen LogP contribution in [0.5, 0.6) is 0 Å². The zero-order valence-electron chi connectivity index (χ0n) is 6.99. The van der Waals surface area contributed by atoms with E-state index in [1.54, 1.807) is 0 Å². The fourth-order valence-electron chi connectivity index (χ4n) is 1.15. The number of halogens is 5. The summed E-state index contributed by atoms with van der Waals surface area (Å²) in [6.45, 7) is 0. The fourth-order valence-corrected chi connectivity index (χ4v) is 1.60. The third kappa shape index (κ3) is 1.89. The molecule has 0 saturated heterocycles. The van der Waals surface area contributed by atoms with Gasteiger partial charge >= 0.3 is 5.38 Å². The lowest BCUT2D eigenvalue weighted by Crippen LogP contribution is -2.05. The van der Waals surface area contributed by atoms with Crippen molar-refractivity contribution in [1.29, 1.82) is 0 Å². The van der Waals surface area contributed by atoms with Crippen LogP contribution in [0.25, 0.3) is 11.0 Å². The third-order valence-corrected chi connectivity index (χ3v) is 2.79. The number of H-pyrrole nitrogens is 1. The van der Waals surface area contributed by atoms with Gasteiger partial charge in [-0.15, -0.1) is 0 Å². The van der Waals surface area contributed by atoms with E-state index in [-0.39, 0.29) is 15.6 Å². The number of nitrogens with zero attached hydrogens (tertiary/aromatic N) is 1. The highest BCUT2D eigenvalue weighted by Gasteiger charge is 2.32. The molecule has 0 saturated carbocycles. The van der Waals surface area contributed by atoms with Gasteiger partial charge in [0.15, 0.2) is 5.82 Å². The maximum absolute atomic E-state index is 12.7. The van der Waals surface area contributed by atoms with Crippen molar-refractivity contribution in [2.75, 3.05) is 0 Å². The van der Waals surface area contributed by atoms with Crippen LogP contribution in [0.1, 0.15) is 5.82 Å². The molecule has 0 unspecified atom stereocenters. The van der Waals surface area contributed by atoms with Crippen LogP contribution < -0.4 is 0 Å². The smallest absolute Gasteiger partial charge is 0.336 e. The van der Waals surface area contributed by atoms with Gasteiger partial charge in [-0.1, -0.05) is 23.2 Å². The minimum Gasteiger partial charge on any atom is -0.336 e. The summed E-state index contributed by atoms with van der Waals surface area (Å²) in [5.74, 6) is -0.650. The molecule has 2 nitrogen and oxygen atoms in total. The molecule has 1 aromatic heterocycles. The van der Waals surface area contributed by atoms with Crippen molar-refractivity contribution >= 4 is 45.8 Å². The first kappa shape index (κ1) is 10.9. The number of aromatic amines is 1. The quantitative estimate of drug-likeness (QED) is 0.775. The van der Waals surface area contributed by atoms with Crippen LogP contribution in [0.4, 0.5) is 8.78 Å². The second-order valence-electron chi connectivity index (χ2n) is 2.84. The van der Waals surface area contributed by atoms with Gasteiger partial charge in [-0.25, -0.2) is 4.98 Å². The van der Waals surface area contributed by atoms with Crippen molar-refractivity contribution in [1.82, 2.24) is 9.97 Å². The Morgan fingerprint density at radius 1 is 1.27 bits per heavy atom. The summed E-state index contributed by atoms with van der Waals surface area (Å²) in [6, 6.07) is 2.99. The summed E-state index contributed by atoms with van der Waals surface area (Å²) in [6.07, 6.45) is 0. The summed E-state index contributed by atoms with van der Waals surface area (Å²) in [4.78, 5) is 5.96. The average molecular weight is 271 g/mol. The number of imidazole rings is 1. The van der Waals surface area contributed by atoms with Crippen molar-refractivity contribution in [3.8, 4) is 0 Å². The van der Waals surface area contributed by atoms with E-state index in [1.165, 1.54) is 12.1 Å². The van der Waals surface area contributed by atoms with E-state index < -0.39 is 11.2 Å². The maximum Gasteiger partial charge on any atom is 0.379 e. The summed E-state index contributed by atoms with van der Waals surface area (Å²) in [7, 11) is 0. The molecular weight excluding hydrogens is 268 g/mol. The Labute approximate surface area is 98.1 Å². The van der Waals surface area contributed by atoms with E-state index in [9.17, 15) is 8.78 Å². The molecule has 0 atom stereocenters. The predicted octanol–water partition coefficient (Wildman–Crippen LogP) is 4.16. The van der Waals surface area contributed by atoms with Gasteiger partial charge < -0.3 is 4.98 Å². The summed E-state index contributed by atoms with van der Waals surface area (Å²) in [5.41, 5.74) is 0.541. The maximum atomic E-state index is 12.7. The molecule has 0 fully saturated rings. The minimum absolute atomic E-state index is 0.123. The van der Waals surface area contributed by atoms with Crippen LogP contribution >= 0.6 is 34.8 Å². The first-order valence-electron chi connectivity index (χ1n) is 3.80. The van der Waals surface area contributed by atoms with Crippen LogP contribution in [-0.4, -0.2) is 9.97 Å². The number of rotatable bonds is 1. The predicted molar refractivity (Wildman–Crippen MR) is 55.9 cm³/mol. The lowest BCUT2D eigenvalue weighted by Gasteiger charge is -2.00. The summed E-state index contributed by atoms with van der Waals surface area (Å²) < 4.78 is 25.4. The Hall–Kier alpha value is -0.580. The van der Waals surface area contributed by atoms with Crippen molar-refractivity contribution in [3.05, 3.63) is 28.0 Å². The number of alkyl halides is 3. The number of aromatic nitrogens is 2. The minimum atomic E-state index is -3.55. The molecule has 0 radical (unpaired) electrons. The van der Waals surface area contributed by atoms with Crippen LogP contribution in [0.2, 0.25) is 10.0 Å². The molecule has 1 heterocycles. The van der Waals surface area contributed by atoms with E-state index >= 15 is 0 Å². The van der Waals surface area contributed by atoms with Gasteiger partial charge in [0.25, 0.3) is 0 Å². The molecule has 0 aliphatic heterocycles. The molecule has 7 heteroatoms. The highest BCUT2D eigenvalue weighted by molar-refractivity contribution is 6.44. The summed E-state index contributed by atoms with van der Waals surface area (Å²) >= 11 is 16.3. The number of hydrogen-bond donors (Lipinski definition) is 1. The second-order valence-corrected chi connectivity index (χ2v) is 4.10. The Kier molecular flexibility index (Phi) is 2.53. The Morgan fingerprint density at radius 2 is 1.93 bits per heavy atom. The Bertz CT molecular complexity index is 518. The van der Waals surface area contributed by atoms with Gasteiger partial charge in [-0.05, 0) is 23.7 Å². The largest absolute Gasteiger partial charge is 0.379 e. The molecule has 1 aromatic carbocycles. The van der Waals surface area contributed by atoms with E-state index in [1.807, 2.05) is 0 Å². The Balaban J connectivity index is 2.72. The zero-order chi connectivity index (χ0) is 11.2. The first-order valence-corrected chi connectivity index (χ1v) is 4.94. The van der Waals surface area contributed by atoms with E-state index in [4.69, 9.17) is 34.8 Å². The normalized spacial score (nSPS) is 12.3. The highest BCUT2D eigenvalue weighted by atomic mass is 35.5. The van der Waals surface area contributed by atoms with E-state index in [2.05, 4.69) is 9.97 Å². The van der Waals surface area contributed by atoms with Crippen LogP contribution in [0.15, 0.2) is 12.1 Å². The van der Waals surface area contributed by atoms with Crippen molar-refractivity contribution in [2.45, 2.75) is 5.38 Å². The molecule has 15 heavy (non-hydrogen) atoms. The molecule has 2 rings (SSSR count). The molecule has 0 spiro atoms. The third-order valence-electron chi connectivity index (χ3n) is 1.81. The molecular formula is C8H3Cl3F2N2. The number of benzene rings is 1. The van der Waals surface area contributed by atoms with Gasteiger partial charge in [-0.3, -0.25) is 0 Å². The highest BCUT2D eigenvalue weighted by Crippen LogP contribution is 2.35. The van der Waals surface area contributed by atoms with Gasteiger partial charge in [0, 0.05) is 0 Å². The lowest BCUT2D eigenvalue weighted by molar-refractivity contribution is 0.0858. The van der Waals surface area contributed by atoms with Gasteiger partial charge in [0.1, 0.15) is 5.52 Å². The molecule has 80 valence electrons. The van der Waals surface area contributed by atoms with Crippen molar-refractivity contribution < 1.29 is 8.78 Å². The molecule has 0 amide bonds. The topological polar surface area (TPSA) is 28.7 Å². The van der Waals surface area contributed by atoms with Crippen molar-refractivity contribution in [2.24, 2.45) is 0 Å². The molecule has 0 bridgehead atoms. The lowest BCUT2D eigenvalue weighted by atomic mass is 10.3. The molecule has 0 aliphatic rings. The molecule has 1 N–H and O–H groups in total. The molecule has 2 aromatic rings. The van der Waals surface area contributed by atoms with E-state index in [0.717, 1.165) is 0 Å². The standard InChI is InChI=1S/C8H3Cl3F2N2/c9-3-1-2-4-6(5(3)10)15-7(14-4)8(11,12)13/h1-2H,(H,14,15). The van der Waals surface area contributed by atoms with Gasteiger partial charge in [0.05, 0.1) is 15.6 Å².